The molecule has 2 atom stereocenters. The van der Waals surface area contributed by atoms with Gasteiger partial charge >= 0.3 is 0 Å². The summed E-state index contributed by atoms with van der Waals surface area (Å²) in [6, 6.07) is 14.5. The van der Waals surface area contributed by atoms with Crippen LogP contribution in [0, 0.1) is 0 Å². The maximum Gasteiger partial charge on any atom is 0.225 e. The van der Waals surface area contributed by atoms with Crippen LogP contribution in [0.5, 0.6) is 11.5 Å². The van der Waals surface area contributed by atoms with Crippen molar-refractivity contribution in [3.63, 3.8) is 0 Å². The van der Waals surface area contributed by atoms with Gasteiger partial charge in [-0.25, -0.2) is 0 Å². The maximum absolute atomic E-state index is 12.9. The molecule has 0 aliphatic rings. The van der Waals surface area contributed by atoms with E-state index in [2.05, 4.69) is 5.32 Å². The van der Waals surface area contributed by atoms with E-state index >= 15 is 0 Å². The fraction of sp³-hybridized carbons (Fsp3) is 0.364. The Kier molecular flexibility index (Phi) is 7.44. The molecule has 2 aromatic rings. The Balaban J connectivity index is 2.12. The minimum Gasteiger partial charge on any atom is -0.497 e. The Hall–Kier alpha value is -3.02. The number of hydrogen-bond acceptors (Lipinski definition) is 4. The molecule has 6 nitrogen and oxygen atoms in total. The van der Waals surface area contributed by atoms with E-state index in [1.54, 1.807) is 26.2 Å². The molecule has 0 aliphatic carbocycles. The largest absolute Gasteiger partial charge is 0.497 e. The van der Waals surface area contributed by atoms with Crippen LogP contribution in [0.3, 0.4) is 0 Å². The SMILES string of the molecule is COc1ccc(C(CC(=O)N(C)C(C)c2ccc(OC)cc2)NC(C)=O)cc1. The van der Waals surface area contributed by atoms with E-state index in [1.807, 2.05) is 55.5 Å². The Morgan fingerprint density at radius 2 is 1.39 bits per heavy atom. The summed E-state index contributed by atoms with van der Waals surface area (Å²) >= 11 is 0. The Morgan fingerprint density at radius 3 is 1.82 bits per heavy atom. The smallest absolute Gasteiger partial charge is 0.225 e. The molecule has 0 aliphatic heterocycles. The summed E-state index contributed by atoms with van der Waals surface area (Å²) in [5.74, 6) is 1.26. The van der Waals surface area contributed by atoms with Crippen molar-refractivity contribution in [2.24, 2.45) is 0 Å². The molecule has 150 valence electrons. The van der Waals surface area contributed by atoms with Crippen LogP contribution in [-0.4, -0.2) is 38.0 Å². The first-order chi connectivity index (χ1) is 13.3. The summed E-state index contributed by atoms with van der Waals surface area (Å²) in [7, 11) is 4.99. The Morgan fingerprint density at radius 1 is 0.929 bits per heavy atom. The van der Waals surface area contributed by atoms with Crippen molar-refractivity contribution in [1.82, 2.24) is 10.2 Å². The monoisotopic (exact) mass is 384 g/mol. The average Bonchev–Trinajstić information content (AvgIpc) is 2.72. The summed E-state index contributed by atoms with van der Waals surface area (Å²) < 4.78 is 10.4. The fourth-order valence-electron chi connectivity index (χ4n) is 2.97. The number of hydrogen-bond donors (Lipinski definition) is 1. The Bertz CT molecular complexity index is 787. The predicted octanol–water partition coefficient (Wildman–Crippen LogP) is 3.49. The fourth-order valence-corrected chi connectivity index (χ4v) is 2.97. The molecule has 0 heterocycles. The van der Waals surface area contributed by atoms with Gasteiger partial charge in [0.25, 0.3) is 0 Å². The molecule has 6 heteroatoms. The molecule has 2 aromatic carbocycles. The van der Waals surface area contributed by atoms with Crippen molar-refractivity contribution < 1.29 is 19.1 Å². The van der Waals surface area contributed by atoms with Gasteiger partial charge in [0.1, 0.15) is 11.5 Å². The normalized spacial score (nSPS) is 12.6. The number of nitrogens with zero attached hydrogens (tertiary/aromatic N) is 1. The van der Waals surface area contributed by atoms with E-state index in [0.29, 0.717) is 0 Å². The van der Waals surface area contributed by atoms with E-state index in [1.165, 1.54) is 6.92 Å². The Labute approximate surface area is 166 Å². The highest BCUT2D eigenvalue weighted by Gasteiger charge is 2.23. The molecule has 0 fully saturated rings. The van der Waals surface area contributed by atoms with Crippen LogP contribution in [0.25, 0.3) is 0 Å². The first-order valence-corrected chi connectivity index (χ1v) is 9.16. The van der Waals surface area contributed by atoms with Crippen LogP contribution in [0.2, 0.25) is 0 Å². The van der Waals surface area contributed by atoms with Crippen LogP contribution >= 0.6 is 0 Å². The molecule has 2 amide bonds. The van der Waals surface area contributed by atoms with Crippen LogP contribution < -0.4 is 14.8 Å². The molecule has 2 rings (SSSR count). The molecular formula is C22H28N2O4. The van der Waals surface area contributed by atoms with Gasteiger partial charge in [-0.3, -0.25) is 9.59 Å². The average molecular weight is 384 g/mol. The summed E-state index contributed by atoms with van der Waals surface area (Å²) in [6.45, 7) is 3.42. The quantitative estimate of drug-likeness (QED) is 0.756. The number of amides is 2. The predicted molar refractivity (Wildman–Crippen MR) is 108 cm³/mol. The highest BCUT2D eigenvalue weighted by Crippen LogP contribution is 2.25. The van der Waals surface area contributed by atoms with Crippen LogP contribution in [0.4, 0.5) is 0 Å². The summed E-state index contributed by atoms with van der Waals surface area (Å²) in [5, 5.41) is 2.87. The summed E-state index contributed by atoms with van der Waals surface area (Å²) in [6.07, 6.45) is 0.170. The van der Waals surface area contributed by atoms with Crippen molar-refractivity contribution in [2.75, 3.05) is 21.3 Å². The second-order valence-electron chi connectivity index (χ2n) is 6.68. The minimum atomic E-state index is -0.401. The number of nitrogens with one attached hydrogen (secondary N) is 1. The van der Waals surface area contributed by atoms with Crippen molar-refractivity contribution in [2.45, 2.75) is 32.4 Å². The van der Waals surface area contributed by atoms with Gasteiger partial charge in [-0.2, -0.15) is 0 Å². The lowest BCUT2D eigenvalue weighted by Crippen LogP contribution is -2.35. The van der Waals surface area contributed by atoms with Crippen molar-refractivity contribution >= 4 is 11.8 Å². The third kappa shape index (κ3) is 5.49. The lowest BCUT2D eigenvalue weighted by molar-refractivity contribution is -0.132. The zero-order chi connectivity index (χ0) is 20.7. The number of carbonyl (C=O) groups is 2. The highest BCUT2D eigenvalue weighted by atomic mass is 16.5. The van der Waals surface area contributed by atoms with E-state index in [-0.39, 0.29) is 24.3 Å². The lowest BCUT2D eigenvalue weighted by Gasteiger charge is -2.28. The number of benzene rings is 2. The van der Waals surface area contributed by atoms with Gasteiger partial charge in [-0.1, -0.05) is 24.3 Å². The van der Waals surface area contributed by atoms with Crippen molar-refractivity contribution in [1.29, 1.82) is 0 Å². The number of ether oxygens (including phenoxy) is 2. The third-order valence-electron chi connectivity index (χ3n) is 4.85. The second kappa shape index (κ2) is 9.78. The zero-order valence-electron chi connectivity index (χ0n) is 17.1. The molecule has 0 saturated heterocycles. The second-order valence-corrected chi connectivity index (χ2v) is 6.68. The topological polar surface area (TPSA) is 67.9 Å². The van der Waals surface area contributed by atoms with Crippen LogP contribution in [0.15, 0.2) is 48.5 Å². The molecule has 0 bridgehead atoms. The van der Waals surface area contributed by atoms with Crippen molar-refractivity contribution in [3.8, 4) is 11.5 Å². The maximum atomic E-state index is 12.9. The third-order valence-corrected chi connectivity index (χ3v) is 4.85. The molecule has 0 saturated carbocycles. The number of rotatable bonds is 8. The van der Waals surface area contributed by atoms with E-state index < -0.39 is 6.04 Å². The summed E-state index contributed by atoms with van der Waals surface area (Å²) in [4.78, 5) is 26.2. The van der Waals surface area contributed by atoms with E-state index in [0.717, 1.165) is 22.6 Å². The first kappa shape index (κ1) is 21.3. The van der Waals surface area contributed by atoms with E-state index in [4.69, 9.17) is 9.47 Å². The van der Waals surface area contributed by atoms with Crippen molar-refractivity contribution in [3.05, 3.63) is 59.7 Å². The van der Waals surface area contributed by atoms with Crippen LogP contribution in [-0.2, 0) is 9.59 Å². The van der Waals surface area contributed by atoms with Gasteiger partial charge in [-0.05, 0) is 42.3 Å². The standard InChI is InChI=1S/C22H28N2O4/c1-15(17-6-10-19(27-4)11-7-17)24(3)22(26)14-21(23-16(2)25)18-8-12-20(28-5)13-9-18/h6-13,15,21H,14H2,1-5H3,(H,23,25). The van der Waals surface area contributed by atoms with Gasteiger partial charge in [-0.15, -0.1) is 0 Å². The zero-order valence-corrected chi connectivity index (χ0v) is 17.1. The van der Waals surface area contributed by atoms with Gasteiger partial charge in [0, 0.05) is 14.0 Å². The summed E-state index contributed by atoms with van der Waals surface area (Å²) in [5.41, 5.74) is 1.87. The van der Waals surface area contributed by atoms with Gasteiger partial charge in [0.05, 0.1) is 32.7 Å². The van der Waals surface area contributed by atoms with Gasteiger partial charge < -0.3 is 19.7 Å². The molecular weight excluding hydrogens is 356 g/mol. The lowest BCUT2D eigenvalue weighted by atomic mass is 10.0. The number of carbonyl (C=O) groups excluding carboxylic acids is 2. The first-order valence-electron chi connectivity index (χ1n) is 9.16. The molecule has 0 aromatic heterocycles. The van der Waals surface area contributed by atoms with Crippen LogP contribution in [0.1, 0.15) is 43.5 Å². The highest BCUT2D eigenvalue weighted by molar-refractivity contribution is 5.79. The van der Waals surface area contributed by atoms with E-state index in [9.17, 15) is 9.59 Å². The molecule has 0 radical (unpaired) electrons. The van der Waals surface area contributed by atoms with Gasteiger partial charge in [0.2, 0.25) is 11.8 Å². The molecule has 1 N–H and O–H groups in total. The minimum absolute atomic E-state index is 0.0575. The molecule has 28 heavy (non-hydrogen) atoms. The molecule has 2 unspecified atom stereocenters. The van der Waals surface area contributed by atoms with Gasteiger partial charge in [0.15, 0.2) is 0 Å². The molecule has 0 spiro atoms. The number of methoxy groups -OCH3 is 2.